The molecule has 0 aromatic heterocycles. The van der Waals surface area contributed by atoms with Crippen molar-refractivity contribution >= 4 is 17.5 Å². The molecule has 5 heteroatoms. The van der Waals surface area contributed by atoms with Crippen LogP contribution in [-0.4, -0.2) is 32.0 Å². The largest absolute Gasteiger partial charge is 0.497 e. The summed E-state index contributed by atoms with van der Waals surface area (Å²) in [4.78, 5) is 24.8. The van der Waals surface area contributed by atoms with E-state index in [1.165, 1.54) is 0 Å². The van der Waals surface area contributed by atoms with E-state index in [4.69, 9.17) is 4.74 Å². The van der Waals surface area contributed by atoms with E-state index in [1.807, 2.05) is 18.2 Å². The van der Waals surface area contributed by atoms with Gasteiger partial charge >= 0.3 is 0 Å². The van der Waals surface area contributed by atoms with Crippen LogP contribution in [0.15, 0.2) is 24.3 Å². The van der Waals surface area contributed by atoms with Gasteiger partial charge < -0.3 is 15.0 Å². The first-order valence-electron chi connectivity index (χ1n) is 5.83. The number of amides is 2. The van der Waals surface area contributed by atoms with Gasteiger partial charge in [0, 0.05) is 25.2 Å². The molecule has 1 aromatic rings. The molecule has 1 unspecified atom stereocenters. The third-order valence-corrected chi connectivity index (χ3v) is 3.06. The van der Waals surface area contributed by atoms with Crippen molar-refractivity contribution in [2.45, 2.75) is 18.9 Å². The molecule has 2 rings (SSSR count). The van der Waals surface area contributed by atoms with E-state index in [1.54, 1.807) is 25.1 Å². The minimum absolute atomic E-state index is 0.0626. The lowest BCUT2D eigenvalue weighted by Gasteiger charge is -2.21. The highest BCUT2D eigenvalue weighted by molar-refractivity contribution is 6.00. The Labute approximate surface area is 106 Å². The number of hydrogen-bond donors (Lipinski definition) is 1. The Kier molecular flexibility index (Phi) is 3.50. The molecule has 0 saturated carbocycles. The van der Waals surface area contributed by atoms with Gasteiger partial charge in [0.05, 0.1) is 7.11 Å². The van der Waals surface area contributed by atoms with Gasteiger partial charge in [0.2, 0.25) is 11.8 Å². The molecule has 96 valence electrons. The minimum Gasteiger partial charge on any atom is -0.497 e. The molecule has 1 heterocycles. The summed E-state index contributed by atoms with van der Waals surface area (Å²) in [5.74, 6) is 0.532. The lowest BCUT2D eigenvalue weighted by molar-refractivity contribution is -0.123. The topological polar surface area (TPSA) is 58.6 Å². The number of likely N-dealkylation sites (N-methyl/N-ethyl adjacent to an activating group) is 1. The van der Waals surface area contributed by atoms with E-state index in [9.17, 15) is 9.59 Å². The quantitative estimate of drug-likeness (QED) is 0.866. The highest BCUT2D eigenvalue weighted by Crippen LogP contribution is 2.21. The first-order chi connectivity index (χ1) is 8.61. The predicted molar refractivity (Wildman–Crippen MR) is 67.6 cm³/mol. The van der Waals surface area contributed by atoms with Gasteiger partial charge in [-0.25, -0.2) is 0 Å². The van der Waals surface area contributed by atoms with Crippen LogP contribution in [0.2, 0.25) is 0 Å². The smallest absolute Gasteiger partial charge is 0.249 e. The number of hydrogen-bond acceptors (Lipinski definition) is 3. The zero-order chi connectivity index (χ0) is 13.1. The molecule has 0 radical (unpaired) electrons. The summed E-state index contributed by atoms with van der Waals surface area (Å²) in [7, 11) is 3.28. The predicted octanol–water partition coefficient (Wildman–Crippen LogP) is 0.937. The zero-order valence-corrected chi connectivity index (χ0v) is 10.5. The second-order valence-corrected chi connectivity index (χ2v) is 4.26. The number of carbonyl (C=O) groups excluding carboxylic acids is 2. The van der Waals surface area contributed by atoms with Gasteiger partial charge in [0.25, 0.3) is 0 Å². The van der Waals surface area contributed by atoms with Gasteiger partial charge in [0.1, 0.15) is 11.8 Å². The van der Waals surface area contributed by atoms with E-state index >= 15 is 0 Å². The van der Waals surface area contributed by atoms with Crippen LogP contribution in [0.25, 0.3) is 0 Å². The second-order valence-electron chi connectivity index (χ2n) is 4.26. The first-order valence-corrected chi connectivity index (χ1v) is 5.83. The van der Waals surface area contributed by atoms with Crippen molar-refractivity contribution in [3.05, 3.63) is 24.3 Å². The molecular formula is C13H16N2O3. The first kappa shape index (κ1) is 12.4. The van der Waals surface area contributed by atoms with Crippen LogP contribution < -0.4 is 15.0 Å². The molecule has 0 aliphatic carbocycles. The van der Waals surface area contributed by atoms with Crippen molar-refractivity contribution in [1.82, 2.24) is 5.32 Å². The third kappa shape index (κ3) is 2.45. The standard InChI is InChI=1S/C13H16N2O3/c1-15(9-4-3-5-10(8-9)18-2)13(17)11-6-7-12(16)14-11/h3-5,8,11H,6-7H2,1-2H3,(H,14,16). The molecule has 1 aliphatic heterocycles. The lowest BCUT2D eigenvalue weighted by Crippen LogP contribution is -2.42. The number of anilines is 1. The maximum atomic E-state index is 12.2. The van der Waals surface area contributed by atoms with E-state index < -0.39 is 6.04 Å². The lowest BCUT2D eigenvalue weighted by atomic mass is 10.2. The normalized spacial score (nSPS) is 18.3. The van der Waals surface area contributed by atoms with Crippen LogP contribution >= 0.6 is 0 Å². The molecule has 2 amide bonds. The number of nitrogens with zero attached hydrogens (tertiary/aromatic N) is 1. The van der Waals surface area contributed by atoms with Crippen LogP contribution in [0.1, 0.15) is 12.8 Å². The molecule has 1 atom stereocenters. The Balaban J connectivity index is 2.12. The van der Waals surface area contributed by atoms with Crippen molar-refractivity contribution < 1.29 is 14.3 Å². The van der Waals surface area contributed by atoms with Crippen LogP contribution in [0.3, 0.4) is 0 Å². The SMILES string of the molecule is COc1cccc(N(C)C(=O)C2CCC(=O)N2)c1. The van der Waals surface area contributed by atoms with Crippen molar-refractivity contribution in [1.29, 1.82) is 0 Å². The number of carbonyl (C=O) groups is 2. The van der Waals surface area contributed by atoms with Gasteiger partial charge in [-0.2, -0.15) is 0 Å². The Morgan fingerprint density at radius 3 is 2.89 bits per heavy atom. The van der Waals surface area contributed by atoms with E-state index in [0.29, 0.717) is 18.6 Å². The van der Waals surface area contributed by atoms with Crippen LogP contribution in [0.4, 0.5) is 5.69 Å². The molecule has 1 saturated heterocycles. The summed E-state index contributed by atoms with van der Waals surface area (Å²) in [6.45, 7) is 0. The molecule has 1 N–H and O–H groups in total. The van der Waals surface area contributed by atoms with Crippen LogP contribution in [0.5, 0.6) is 5.75 Å². The van der Waals surface area contributed by atoms with Crippen molar-refractivity contribution in [2.75, 3.05) is 19.1 Å². The molecule has 0 bridgehead atoms. The maximum absolute atomic E-state index is 12.2. The zero-order valence-electron chi connectivity index (χ0n) is 10.5. The fourth-order valence-electron chi connectivity index (χ4n) is 1.98. The van der Waals surface area contributed by atoms with Gasteiger partial charge in [-0.05, 0) is 18.6 Å². The number of ether oxygens (including phenoxy) is 1. The fourth-order valence-corrected chi connectivity index (χ4v) is 1.98. The molecule has 0 spiro atoms. The summed E-state index contributed by atoms with van der Waals surface area (Å²) in [6.07, 6.45) is 0.980. The molecule has 5 nitrogen and oxygen atoms in total. The number of rotatable bonds is 3. The average molecular weight is 248 g/mol. The summed E-state index contributed by atoms with van der Waals surface area (Å²) in [6, 6.07) is 6.85. The molecule has 1 aromatic carbocycles. The summed E-state index contributed by atoms with van der Waals surface area (Å²) < 4.78 is 5.12. The number of nitrogens with one attached hydrogen (secondary N) is 1. The summed E-state index contributed by atoms with van der Waals surface area (Å²) >= 11 is 0. The number of methoxy groups -OCH3 is 1. The van der Waals surface area contributed by atoms with Crippen molar-refractivity contribution in [2.24, 2.45) is 0 Å². The molecule has 1 aliphatic rings. The monoisotopic (exact) mass is 248 g/mol. The van der Waals surface area contributed by atoms with Gasteiger partial charge in [-0.1, -0.05) is 6.07 Å². The highest BCUT2D eigenvalue weighted by Gasteiger charge is 2.29. The van der Waals surface area contributed by atoms with Crippen molar-refractivity contribution in [3.8, 4) is 5.75 Å². The van der Waals surface area contributed by atoms with Gasteiger partial charge in [-0.3, -0.25) is 9.59 Å². The second kappa shape index (κ2) is 5.08. The maximum Gasteiger partial charge on any atom is 0.249 e. The average Bonchev–Trinajstić information content (AvgIpc) is 2.83. The van der Waals surface area contributed by atoms with Crippen LogP contribution in [-0.2, 0) is 9.59 Å². The fraction of sp³-hybridized carbons (Fsp3) is 0.385. The summed E-state index contributed by atoms with van der Waals surface area (Å²) in [5, 5.41) is 2.67. The van der Waals surface area contributed by atoms with Crippen molar-refractivity contribution in [3.63, 3.8) is 0 Å². The highest BCUT2D eigenvalue weighted by atomic mass is 16.5. The Bertz CT molecular complexity index is 473. The van der Waals surface area contributed by atoms with E-state index in [2.05, 4.69) is 5.32 Å². The van der Waals surface area contributed by atoms with E-state index in [0.717, 1.165) is 5.69 Å². The Hall–Kier alpha value is -2.04. The third-order valence-electron chi connectivity index (χ3n) is 3.06. The van der Waals surface area contributed by atoms with Crippen LogP contribution in [0, 0.1) is 0 Å². The van der Waals surface area contributed by atoms with E-state index in [-0.39, 0.29) is 11.8 Å². The molecule has 1 fully saturated rings. The van der Waals surface area contributed by atoms with Gasteiger partial charge in [-0.15, -0.1) is 0 Å². The Morgan fingerprint density at radius 2 is 2.28 bits per heavy atom. The molecular weight excluding hydrogens is 232 g/mol. The summed E-state index contributed by atoms with van der Waals surface area (Å²) in [5.41, 5.74) is 0.750. The number of benzene rings is 1. The minimum atomic E-state index is -0.409. The Morgan fingerprint density at radius 1 is 1.50 bits per heavy atom. The molecule has 18 heavy (non-hydrogen) atoms. The van der Waals surface area contributed by atoms with Gasteiger partial charge in [0.15, 0.2) is 0 Å².